The van der Waals surface area contributed by atoms with Crippen LogP contribution in [0.1, 0.15) is 53.9 Å². The van der Waals surface area contributed by atoms with Crippen LogP contribution in [0.3, 0.4) is 0 Å². The third kappa shape index (κ3) is 3.80. The molecule has 2 heterocycles. The molecule has 2 N–H and O–H groups in total. The lowest BCUT2D eigenvalue weighted by molar-refractivity contribution is 0.00490. The van der Waals surface area contributed by atoms with Crippen LogP contribution in [0, 0.1) is 12.3 Å². The van der Waals surface area contributed by atoms with Gasteiger partial charge in [0.15, 0.2) is 0 Å². The van der Waals surface area contributed by atoms with Crippen molar-refractivity contribution in [3.8, 4) is 0 Å². The average Bonchev–Trinajstić information content (AvgIpc) is 2.96. The number of benzene rings is 1. The number of amides is 1. The molecule has 2 aliphatic rings. The molecule has 0 aliphatic carbocycles. The van der Waals surface area contributed by atoms with E-state index in [0.29, 0.717) is 31.7 Å². The molecule has 2 unspecified atom stereocenters. The number of rotatable bonds is 3. The van der Waals surface area contributed by atoms with Gasteiger partial charge in [0.2, 0.25) is 0 Å². The van der Waals surface area contributed by atoms with Gasteiger partial charge in [0, 0.05) is 31.7 Å². The zero-order valence-corrected chi connectivity index (χ0v) is 16.4. The number of aliphatic hydroxyl groups excluding tert-OH is 1. The molecule has 7 heteroatoms. The van der Waals surface area contributed by atoms with Crippen LogP contribution >= 0.6 is 0 Å². The maximum atomic E-state index is 11.7. The highest BCUT2D eigenvalue weighted by atomic mass is 16.5. The summed E-state index contributed by atoms with van der Waals surface area (Å²) in [7, 11) is 0. The smallest absolute Gasteiger partial charge is 0.407 e. The van der Waals surface area contributed by atoms with E-state index in [1.54, 1.807) is 12.1 Å². The summed E-state index contributed by atoms with van der Waals surface area (Å²) in [6.07, 6.45) is -1.60. The van der Waals surface area contributed by atoms with E-state index in [4.69, 9.17) is 4.74 Å². The Morgan fingerprint density at radius 1 is 1.33 bits per heavy atom. The third-order valence-corrected chi connectivity index (χ3v) is 5.71. The maximum Gasteiger partial charge on any atom is 0.407 e. The SMILES string of the molecule is Cc1c(C(O)CN2CCN(C(=O)O)C(C(C)(C)C)C2)ccc2c1COC2=O. The molecule has 1 saturated heterocycles. The van der Waals surface area contributed by atoms with Crippen molar-refractivity contribution in [1.82, 2.24) is 9.80 Å². The van der Waals surface area contributed by atoms with E-state index in [2.05, 4.69) is 4.90 Å². The zero-order valence-electron chi connectivity index (χ0n) is 16.4. The van der Waals surface area contributed by atoms with Crippen LogP contribution in [0.2, 0.25) is 0 Å². The lowest BCUT2D eigenvalue weighted by Crippen LogP contribution is -2.59. The number of carbonyl (C=O) groups excluding carboxylic acids is 1. The number of fused-ring (bicyclic) bond motifs is 1. The number of cyclic esters (lactones) is 1. The molecule has 1 aromatic carbocycles. The van der Waals surface area contributed by atoms with Crippen LogP contribution < -0.4 is 0 Å². The van der Waals surface area contributed by atoms with Crippen LogP contribution in [0.5, 0.6) is 0 Å². The quantitative estimate of drug-likeness (QED) is 0.788. The topological polar surface area (TPSA) is 90.3 Å². The first kappa shape index (κ1) is 19.6. The molecule has 0 radical (unpaired) electrons. The molecule has 148 valence electrons. The van der Waals surface area contributed by atoms with Crippen LogP contribution in [-0.4, -0.2) is 64.3 Å². The maximum absolute atomic E-state index is 11.7. The van der Waals surface area contributed by atoms with Gasteiger partial charge in [0.25, 0.3) is 0 Å². The summed E-state index contributed by atoms with van der Waals surface area (Å²) < 4.78 is 5.08. The molecule has 0 bridgehead atoms. The Bertz CT molecular complexity index is 755. The van der Waals surface area contributed by atoms with Crippen molar-refractivity contribution < 1.29 is 24.5 Å². The summed E-state index contributed by atoms with van der Waals surface area (Å²) in [6.45, 7) is 10.3. The average molecular weight is 376 g/mol. The highest BCUT2D eigenvalue weighted by molar-refractivity contribution is 5.93. The highest BCUT2D eigenvalue weighted by Gasteiger charge is 2.38. The van der Waals surface area contributed by atoms with Crippen molar-refractivity contribution in [3.63, 3.8) is 0 Å². The third-order valence-electron chi connectivity index (χ3n) is 5.71. The van der Waals surface area contributed by atoms with Gasteiger partial charge in [0.05, 0.1) is 17.7 Å². The Morgan fingerprint density at radius 3 is 2.67 bits per heavy atom. The fourth-order valence-corrected chi connectivity index (χ4v) is 4.05. The minimum atomic E-state index is -0.894. The van der Waals surface area contributed by atoms with E-state index >= 15 is 0 Å². The number of piperazine rings is 1. The minimum absolute atomic E-state index is 0.136. The molecule has 0 aromatic heterocycles. The van der Waals surface area contributed by atoms with Crippen molar-refractivity contribution in [1.29, 1.82) is 0 Å². The molecule has 1 aromatic rings. The molecule has 2 atom stereocenters. The summed E-state index contributed by atoms with van der Waals surface area (Å²) in [5.74, 6) is -0.313. The second-order valence-corrected chi connectivity index (χ2v) is 8.52. The van der Waals surface area contributed by atoms with Crippen molar-refractivity contribution in [3.05, 3.63) is 34.4 Å². The molecular formula is C20H28N2O5. The normalized spacial score (nSPS) is 21.7. The standard InChI is InChI=1S/C20H28N2O5/c1-12-13(5-6-14-15(12)11-27-18(14)24)16(23)9-21-7-8-22(19(25)26)17(10-21)20(2,3)4/h5-6,16-17,23H,7-11H2,1-4H3,(H,25,26). The summed E-state index contributed by atoms with van der Waals surface area (Å²) in [5.41, 5.74) is 2.91. The largest absolute Gasteiger partial charge is 0.465 e. The highest BCUT2D eigenvalue weighted by Crippen LogP contribution is 2.31. The Kier molecular flexibility index (Phi) is 5.18. The number of carboxylic acid groups (broad SMARTS) is 1. The summed E-state index contributed by atoms with van der Waals surface area (Å²) in [6, 6.07) is 3.37. The number of esters is 1. The predicted octanol–water partition coefficient (Wildman–Crippen LogP) is 2.41. The number of nitrogens with zero attached hydrogens (tertiary/aromatic N) is 2. The first-order valence-electron chi connectivity index (χ1n) is 9.29. The van der Waals surface area contributed by atoms with E-state index in [0.717, 1.165) is 16.7 Å². The molecule has 1 amide bonds. The molecular weight excluding hydrogens is 348 g/mol. The van der Waals surface area contributed by atoms with E-state index in [9.17, 15) is 19.8 Å². The molecule has 1 fully saturated rings. The van der Waals surface area contributed by atoms with E-state index in [-0.39, 0.29) is 24.0 Å². The van der Waals surface area contributed by atoms with Gasteiger partial charge in [-0.25, -0.2) is 9.59 Å². The van der Waals surface area contributed by atoms with Crippen LogP contribution in [0.4, 0.5) is 4.79 Å². The first-order chi connectivity index (χ1) is 12.6. The molecule has 2 aliphatic heterocycles. The zero-order chi connectivity index (χ0) is 19.9. The number of ether oxygens (including phenoxy) is 1. The van der Waals surface area contributed by atoms with Crippen molar-refractivity contribution in [2.24, 2.45) is 5.41 Å². The van der Waals surface area contributed by atoms with Gasteiger partial charge >= 0.3 is 12.1 Å². The van der Waals surface area contributed by atoms with Crippen LogP contribution in [0.25, 0.3) is 0 Å². The fourth-order valence-electron chi connectivity index (χ4n) is 4.05. The van der Waals surface area contributed by atoms with Gasteiger partial charge in [-0.1, -0.05) is 26.8 Å². The summed E-state index contributed by atoms with van der Waals surface area (Å²) in [4.78, 5) is 26.9. The Hall–Kier alpha value is -2.12. The monoisotopic (exact) mass is 376 g/mol. The number of carbonyl (C=O) groups is 2. The lowest BCUT2D eigenvalue weighted by atomic mass is 9.84. The number of aliphatic hydroxyl groups is 1. The van der Waals surface area contributed by atoms with E-state index < -0.39 is 12.2 Å². The fraction of sp³-hybridized carbons (Fsp3) is 0.600. The van der Waals surface area contributed by atoms with Gasteiger partial charge in [0.1, 0.15) is 6.61 Å². The van der Waals surface area contributed by atoms with Crippen molar-refractivity contribution >= 4 is 12.1 Å². The summed E-state index contributed by atoms with van der Waals surface area (Å²) >= 11 is 0. The van der Waals surface area contributed by atoms with Gasteiger partial charge in [-0.2, -0.15) is 0 Å². The molecule has 0 spiro atoms. The number of hydrogen-bond acceptors (Lipinski definition) is 5. The van der Waals surface area contributed by atoms with Gasteiger partial charge < -0.3 is 19.8 Å². The molecule has 27 heavy (non-hydrogen) atoms. The van der Waals surface area contributed by atoms with Crippen LogP contribution in [0.15, 0.2) is 12.1 Å². The van der Waals surface area contributed by atoms with Crippen LogP contribution in [-0.2, 0) is 11.3 Å². The molecule has 3 rings (SSSR count). The number of β-amino-alcohol motifs (C(OH)–C–C–N with tert-alkyl or cyclic N) is 1. The second kappa shape index (κ2) is 7.13. The van der Waals surface area contributed by atoms with E-state index in [1.807, 2.05) is 27.7 Å². The Labute approximate surface area is 159 Å². The Morgan fingerprint density at radius 2 is 2.04 bits per heavy atom. The lowest BCUT2D eigenvalue weighted by Gasteiger charge is -2.46. The minimum Gasteiger partial charge on any atom is -0.465 e. The van der Waals surface area contributed by atoms with E-state index in [1.165, 1.54) is 4.90 Å². The van der Waals surface area contributed by atoms with Crippen molar-refractivity contribution in [2.45, 2.75) is 46.4 Å². The molecule has 7 nitrogen and oxygen atoms in total. The summed E-state index contributed by atoms with van der Waals surface area (Å²) in [5, 5.41) is 20.3. The van der Waals surface area contributed by atoms with Gasteiger partial charge in [-0.3, -0.25) is 4.90 Å². The van der Waals surface area contributed by atoms with Gasteiger partial charge in [-0.15, -0.1) is 0 Å². The molecule has 0 saturated carbocycles. The Balaban J connectivity index is 1.74. The van der Waals surface area contributed by atoms with Crippen molar-refractivity contribution in [2.75, 3.05) is 26.2 Å². The second-order valence-electron chi connectivity index (χ2n) is 8.52. The predicted molar refractivity (Wildman–Crippen MR) is 99.7 cm³/mol. The van der Waals surface area contributed by atoms with Gasteiger partial charge in [-0.05, 0) is 29.5 Å². The number of hydrogen-bond donors (Lipinski definition) is 2. The first-order valence-corrected chi connectivity index (χ1v) is 9.29.